The molecule has 0 saturated carbocycles. The van der Waals surface area contributed by atoms with Gasteiger partial charge in [-0.2, -0.15) is 0 Å². The predicted octanol–water partition coefficient (Wildman–Crippen LogP) is 5.81. The molecule has 0 bridgehead atoms. The summed E-state index contributed by atoms with van der Waals surface area (Å²) >= 11 is 0. The summed E-state index contributed by atoms with van der Waals surface area (Å²) in [4.78, 5) is 9.41. The average Bonchev–Trinajstić information content (AvgIpc) is 3.34. The van der Waals surface area contributed by atoms with Crippen LogP contribution in [-0.4, -0.2) is 21.1 Å². The van der Waals surface area contributed by atoms with Crippen LogP contribution in [0.15, 0.2) is 66.9 Å². The number of nitrogens with zero attached hydrogens (tertiary/aromatic N) is 3. The lowest BCUT2D eigenvalue weighted by atomic mass is 10.0. The molecule has 0 spiro atoms. The maximum atomic E-state index is 5.79. The molecule has 1 aliphatic rings. The van der Waals surface area contributed by atoms with Crippen LogP contribution in [0.1, 0.15) is 43.5 Å². The SMILES string of the molecule is CCCCOc1cc(-c2ccc3cc4n(c3n2)[C@@H](c2ccccc2)CC4)ccn1. The Morgan fingerprint density at radius 1 is 1.07 bits per heavy atom. The Balaban J connectivity index is 1.52. The third-order valence-electron chi connectivity index (χ3n) is 5.71. The number of pyridine rings is 2. The van der Waals surface area contributed by atoms with Gasteiger partial charge in [-0.3, -0.25) is 0 Å². The molecule has 1 aliphatic heterocycles. The van der Waals surface area contributed by atoms with Crippen LogP contribution < -0.4 is 4.74 Å². The van der Waals surface area contributed by atoms with Gasteiger partial charge in [-0.1, -0.05) is 43.7 Å². The average molecular weight is 383 g/mol. The van der Waals surface area contributed by atoms with Gasteiger partial charge in [0.1, 0.15) is 5.65 Å². The highest BCUT2D eigenvalue weighted by Gasteiger charge is 2.26. The van der Waals surface area contributed by atoms with Gasteiger partial charge in [0.2, 0.25) is 5.88 Å². The Bertz CT molecular complexity index is 1130. The molecule has 4 heteroatoms. The molecule has 0 saturated heterocycles. The second kappa shape index (κ2) is 7.70. The van der Waals surface area contributed by atoms with Crippen molar-refractivity contribution in [1.29, 1.82) is 0 Å². The van der Waals surface area contributed by atoms with Crippen molar-refractivity contribution in [2.45, 2.75) is 38.6 Å². The summed E-state index contributed by atoms with van der Waals surface area (Å²) in [5.74, 6) is 0.667. The molecule has 1 atom stereocenters. The van der Waals surface area contributed by atoms with Crippen molar-refractivity contribution >= 4 is 11.0 Å². The third-order valence-corrected chi connectivity index (χ3v) is 5.71. The Morgan fingerprint density at radius 3 is 2.83 bits per heavy atom. The van der Waals surface area contributed by atoms with Gasteiger partial charge in [-0.25, -0.2) is 9.97 Å². The van der Waals surface area contributed by atoms with E-state index in [9.17, 15) is 0 Å². The number of aromatic nitrogens is 3. The summed E-state index contributed by atoms with van der Waals surface area (Å²) < 4.78 is 8.21. The highest BCUT2D eigenvalue weighted by Crippen LogP contribution is 2.37. The van der Waals surface area contributed by atoms with E-state index in [4.69, 9.17) is 9.72 Å². The second-order valence-corrected chi connectivity index (χ2v) is 7.66. The molecule has 0 amide bonds. The summed E-state index contributed by atoms with van der Waals surface area (Å²) in [7, 11) is 0. The van der Waals surface area contributed by atoms with E-state index in [1.54, 1.807) is 6.20 Å². The molecular weight excluding hydrogens is 358 g/mol. The molecule has 146 valence electrons. The molecule has 4 nitrogen and oxygen atoms in total. The van der Waals surface area contributed by atoms with Gasteiger partial charge in [-0.15, -0.1) is 0 Å². The fraction of sp³-hybridized carbons (Fsp3) is 0.280. The Morgan fingerprint density at radius 2 is 1.97 bits per heavy atom. The number of unbranched alkanes of at least 4 members (excludes halogenated alkanes) is 1. The smallest absolute Gasteiger partial charge is 0.213 e. The van der Waals surface area contributed by atoms with Crippen molar-refractivity contribution in [2.24, 2.45) is 0 Å². The zero-order valence-electron chi connectivity index (χ0n) is 16.7. The minimum Gasteiger partial charge on any atom is -0.478 e. The summed E-state index contributed by atoms with van der Waals surface area (Å²) in [6, 6.07) is 21.7. The van der Waals surface area contributed by atoms with E-state index in [0.29, 0.717) is 18.5 Å². The molecule has 29 heavy (non-hydrogen) atoms. The van der Waals surface area contributed by atoms with Crippen LogP contribution in [0.25, 0.3) is 22.3 Å². The maximum absolute atomic E-state index is 5.79. The van der Waals surface area contributed by atoms with Crippen LogP contribution in [0, 0.1) is 0 Å². The van der Waals surface area contributed by atoms with Crippen LogP contribution in [0.3, 0.4) is 0 Å². The maximum Gasteiger partial charge on any atom is 0.213 e. The van der Waals surface area contributed by atoms with Gasteiger partial charge < -0.3 is 9.30 Å². The normalized spacial score (nSPS) is 15.6. The zero-order valence-corrected chi connectivity index (χ0v) is 16.7. The summed E-state index contributed by atoms with van der Waals surface area (Å²) in [5.41, 5.74) is 5.79. The van der Waals surface area contributed by atoms with Crippen LogP contribution in [0.5, 0.6) is 5.88 Å². The van der Waals surface area contributed by atoms with E-state index in [1.165, 1.54) is 16.6 Å². The van der Waals surface area contributed by atoms with E-state index in [-0.39, 0.29) is 0 Å². The molecule has 5 rings (SSSR count). The molecular formula is C25H25N3O. The Labute approximate surface area is 171 Å². The molecule has 0 aliphatic carbocycles. The minimum absolute atomic E-state index is 0.358. The van der Waals surface area contributed by atoms with Crippen molar-refractivity contribution in [3.8, 4) is 17.1 Å². The van der Waals surface area contributed by atoms with E-state index >= 15 is 0 Å². The highest BCUT2D eigenvalue weighted by molar-refractivity contribution is 5.81. The first-order valence-corrected chi connectivity index (χ1v) is 10.5. The summed E-state index contributed by atoms with van der Waals surface area (Å²) in [6.07, 6.45) is 6.17. The molecule has 1 aromatic carbocycles. The first-order valence-electron chi connectivity index (χ1n) is 10.5. The van der Waals surface area contributed by atoms with Crippen LogP contribution in [0.2, 0.25) is 0 Å². The van der Waals surface area contributed by atoms with E-state index in [1.807, 2.05) is 12.1 Å². The number of hydrogen-bond donors (Lipinski definition) is 0. The van der Waals surface area contributed by atoms with Crippen molar-refractivity contribution in [3.05, 3.63) is 78.1 Å². The Kier molecular flexibility index (Phi) is 4.76. The second-order valence-electron chi connectivity index (χ2n) is 7.66. The molecule has 0 unspecified atom stereocenters. The van der Waals surface area contributed by atoms with E-state index in [2.05, 4.69) is 65.0 Å². The number of ether oxygens (including phenoxy) is 1. The van der Waals surface area contributed by atoms with E-state index < -0.39 is 0 Å². The van der Waals surface area contributed by atoms with Crippen molar-refractivity contribution in [2.75, 3.05) is 6.61 Å². The lowest BCUT2D eigenvalue weighted by Gasteiger charge is -2.15. The highest BCUT2D eigenvalue weighted by atomic mass is 16.5. The molecule has 3 aromatic heterocycles. The number of aryl methyl sites for hydroxylation is 1. The van der Waals surface area contributed by atoms with Crippen LogP contribution in [-0.2, 0) is 6.42 Å². The first-order chi connectivity index (χ1) is 14.3. The van der Waals surface area contributed by atoms with Crippen molar-refractivity contribution < 1.29 is 4.74 Å². The summed E-state index contributed by atoms with van der Waals surface area (Å²) in [5, 5.41) is 1.21. The lowest BCUT2D eigenvalue weighted by molar-refractivity contribution is 0.298. The van der Waals surface area contributed by atoms with Gasteiger partial charge in [0.15, 0.2) is 0 Å². The topological polar surface area (TPSA) is 39.9 Å². The number of fused-ring (bicyclic) bond motifs is 3. The van der Waals surface area contributed by atoms with Gasteiger partial charge in [-0.05, 0) is 49.1 Å². The van der Waals surface area contributed by atoms with Crippen LogP contribution >= 0.6 is 0 Å². The minimum atomic E-state index is 0.358. The van der Waals surface area contributed by atoms with Crippen LogP contribution in [0.4, 0.5) is 0 Å². The third kappa shape index (κ3) is 3.39. The van der Waals surface area contributed by atoms with Gasteiger partial charge in [0.05, 0.1) is 18.3 Å². The monoisotopic (exact) mass is 383 g/mol. The van der Waals surface area contributed by atoms with Gasteiger partial charge >= 0.3 is 0 Å². The van der Waals surface area contributed by atoms with E-state index in [0.717, 1.165) is 42.6 Å². The molecule has 0 fully saturated rings. The molecule has 4 heterocycles. The predicted molar refractivity (Wildman–Crippen MR) is 116 cm³/mol. The summed E-state index contributed by atoms with van der Waals surface area (Å²) in [6.45, 7) is 2.86. The van der Waals surface area contributed by atoms with Gasteiger partial charge in [0, 0.05) is 28.9 Å². The standard InChI is InChI=1S/C25H25N3O/c1-2-3-15-29-24-17-19(13-14-26-24)22-11-9-20-16-21-10-12-23(28(21)25(20)27-22)18-7-5-4-6-8-18/h4-9,11,13-14,16-17,23H,2-3,10,12,15H2,1H3/t23-/m1/s1. The number of benzene rings is 1. The molecule has 0 radical (unpaired) electrons. The fourth-order valence-electron chi connectivity index (χ4n) is 4.22. The Hall–Kier alpha value is -3.14. The zero-order chi connectivity index (χ0) is 19.6. The van der Waals surface area contributed by atoms with Crippen molar-refractivity contribution in [1.82, 2.24) is 14.5 Å². The first kappa shape index (κ1) is 17.9. The lowest BCUT2D eigenvalue weighted by Crippen LogP contribution is -2.06. The molecule has 4 aromatic rings. The fourth-order valence-corrected chi connectivity index (χ4v) is 4.22. The number of hydrogen-bond acceptors (Lipinski definition) is 3. The molecule has 0 N–H and O–H groups in total. The van der Waals surface area contributed by atoms with Gasteiger partial charge in [0.25, 0.3) is 0 Å². The quantitative estimate of drug-likeness (QED) is 0.394. The van der Waals surface area contributed by atoms with Crippen molar-refractivity contribution in [3.63, 3.8) is 0 Å². The number of rotatable bonds is 6. The largest absolute Gasteiger partial charge is 0.478 e.